The Morgan fingerprint density at radius 3 is 2.29 bits per heavy atom. The molecule has 0 radical (unpaired) electrons. The Morgan fingerprint density at radius 2 is 1.79 bits per heavy atom. The van der Waals surface area contributed by atoms with E-state index >= 15 is 0 Å². The van der Waals surface area contributed by atoms with Crippen LogP contribution in [0.15, 0.2) is 11.6 Å². The summed E-state index contributed by atoms with van der Waals surface area (Å²) in [4.78, 5) is 10.8. The number of unbranched alkanes of at least 4 members (excludes halogenated alkanes) is 4. The van der Waals surface area contributed by atoms with Gasteiger partial charge in [-0.2, -0.15) is 0 Å². The third-order valence-corrected chi connectivity index (χ3v) is 2.27. The van der Waals surface area contributed by atoms with Crippen LogP contribution >= 0.6 is 0 Å². The van der Waals surface area contributed by atoms with Crippen LogP contribution in [0.1, 0.15) is 58.8 Å². The second-order valence-corrected chi connectivity index (χ2v) is 3.63. The SMILES string of the molecule is CCCCCC=C(CCCC)C(=O)O. The number of rotatable bonds is 8. The van der Waals surface area contributed by atoms with E-state index in [9.17, 15) is 4.79 Å². The zero-order chi connectivity index (χ0) is 10.8. The van der Waals surface area contributed by atoms with Gasteiger partial charge in [-0.15, -0.1) is 0 Å². The highest BCUT2D eigenvalue weighted by Crippen LogP contribution is 2.10. The van der Waals surface area contributed by atoms with Crippen LogP contribution in [-0.2, 0) is 4.79 Å². The lowest BCUT2D eigenvalue weighted by atomic mass is 10.1. The maximum absolute atomic E-state index is 10.8. The van der Waals surface area contributed by atoms with Crippen LogP contribution in [0.3, 0.4) is 0 Å². The molecule has 0 amide bonds. The molecule has 0 aromatic carbocycles. The number of carboxylic acids is 1. The number of hydrogen-bond acceptors (Lipinski definition) is 1. The maximum atomic E-state index is 10.8. The van der Waals surface area contributed by atoms with Crippen LogP contribution in [0, 0.1) is 0 Å². The highest BCUT2D eigenvalue weighted by Gasteiger charge is 2.04. The molecule has 82 valence electrons. The Balaban J connectivity index is 3.86. The topological polar surface area (TPSA) is 37.3 Å². The van der Waals surface area contributed by atoms with Gasteiger partial charge in [-0.1, -0.05) is 39.2 Å². The molecule has 0 bridgehead atoms. The molecule has 0 saturated heterocycles. The summed E-state index contributed by atoms with van der Waals surface area (Å²) in [7, 11) is 0. The summed E-state index contributed by atoms with van der Waals surface area (Å²) < 4.78 is 0. The third-order valence-electron chi connectivity index (χ3n) is 2.27. The molecule has 0 unspecified atom stereocenters. The molecule has 0 rings (SSSR count). The van der Waals surface area contributed by atoms with Crippen LogP contribution in [-0.4, -0.2) is 11.1 Å². The van der Waals surface area contributed by atoms with Gasteiger partial charge in [0.2, 0.25) is 0 Å². The molecular formula is C12H22O2. The van der Waals surface area contributed by atoms with E-state index < -0.39 is 5.97 Å². The van der Waals surface area contributed by atoms with Crippen molar-refractivity contribution in [3.05, 3.63) is 11.6 Å². The highest BCUT2D eigenvalue weighted by molar-refractivity contribution is 5.86. The molecule has 1 N–H and O–H groups in total. The molecule has 0 aliphatic rings. The van der Waals surface area contributed by atoms with Crippen molar-refractivity contribution in [2.75, 3.05) is 0 Å². The summed E-state index contributed by atoms with van der Waals surface area (Å²) >= 11 is 0. The average Bonchev–Trinajstić information content (AvgIpc) is 2.16. The summed E-state index contributed by atoms with van der Waals surface area (Å²) in [6.07, 6.45) is 9.05. The number of aliphatic carboxylic acids is 1. The Morgan fingerprint density at radius 1 is 1.14 bits per heavy atom. The van der Waals surface area contributed by atoms with Gasteiger partial charge in [-0.3, -0.25) is 0 Å². The van der Waals surface area contributed by atoms with E-state index in [1.165, 1.54) is 12.8 Å². The fourth-order valence-corrected chi connectivity index (χ4v) is 1.33. The van der Waals surface area contributed by atoms with Gasteiger partial charge in [-0.05, 0) is 25.7 Å². The van der Waals surface area contributed by atoms with Gasteiger partial charge >= 0.3 is 5.97 Å². The first-order valence-corrected chi connectivity index (χ1v) is 5.64. The van der Waals surface area contributed by atoms with Gasteiger partial charge in [0.25, 0.3) is 0 Å². The van der Waals surface area contributed by atoms with Gasteiger partial charge in [-0.25, -0.2) is 4.79 Å². The fraction of sp³-hybridized carbons (Fsp3) is 0.750. The Hall–Kier alpha value is -0.790. The lowest BCUT2D eigenvalue weighted by molar-refractivity contribution is -0.132. The van der Waals surface area contributed by atoms with Gasteiger partial charge in [0.15, 0.2) is 0 Å². The summed E-state index contributed by atoms with van der Waals surface area (Å²) in [6, 6.07) is 0. The van der Waals surface area contributed by atoms with Crippen molar-refractivity contribution in [1.82, 2.24) is 0 Å². The summed E-state index contributed by atoms with van der Waals surface area (Å²) in [6.45, 7) is 4.23. The van der Waals surface area contributed by atoms with Crippen molar-refractivity contribution in [1.29, 1.82) is 0 Å². The Bertz CT molecular complexity index is 183. The van der Waals surface area contributed by atoms with Gasteiger partial charge in [0.1, 0.15) is 0 Å². The van der Waals surface area contributed by atoms with E-state index in [2.05, 4.69) is 13.8 Å². The molecule has 0 aromatic heterocycles. The largest absolute Gasteiger partial charge is 0.478 e. The average molecular weight is 198 g/mol. The zero-order valence-corrected chi connectivity index (χ0v) is 9.38. The first-order chi connectivity index (χ1) is 6.72. The quantitative estimate of drug-likeness (QED) is 0.476. The van der Waals surface area contributed by atoms with Gasteiger partial charge < -0.3 is 5.11 Å². The van der Waals surface area contributed by atoms with Crippen LogP contribution in [0.25, 0.3) is 0 Å². The van der Waals surface area contributed by atoms with Crippen LogP contribution in [0.2, 0.25) is 0 Å². The Labute approximate surface area is 87.0 Å². The second-order valence-electron chi connectivity index (χ2n) is 3.63. The number of allylic oxidation sites excluding steroid dienone is 1. The highest BCUT2D eigenvalue weighted by atomic mass is 16.4. The number of carbonyl (C=O) groups is 1. The molecule has 0 aromatic rings. The zero-order valence-electron chi connectivity index (χ0n) is 9.38. The van der Waals surface area contributed by atoms with E-state index in [4.69, 9.17) is 5.11 Å². The number of hydrogen-bond donors (Lipinski definition) is 1. The van der Waals surface area contributed by atoms with E-state index in [-0.39, 0.29) is 0 Å². The first kappa shape index (κ1) is 13.2. The molecule has 0 aliphatic carbocycles. The molecule has 0 spiro atoms. The van der Waals surface area contributed by atoms with Crippen molar-refractivity contribution in [3.63, 3.8) is 0 Å². The summed E-state index contributed by atoms with van der Waals surface area (Å²) in [5.74, 6) is -0.741. The van der Waals surface area contributed by atoms with E-state index in [1.807, 2.05) is 6.08 Å². The minimum atomic E-state index is -0.741. The van der Waals surface area contributed by atoms with Gasteiger partial charge in [0, 0.05) is 5.57 Å². The fourth-order valence-electron chi connectivity index (χ4n) is 1.33. The maximum Gasteiger partial charge on any atom is 0.331 e. The smallest absolute Gasteiger partial charge is 0.331 e. The lowest BCUT2D eigenvalue weighted by Gasteiger charge is -2.01. The first-order valence-electron chi connectivity index (χ1n) is 5.64. The van der Waals surface area contributed by atoms with Crippen molar-refractivity contribution < 1.29 is 9.90 Å². The van der Waals surface area contributed by atoms with Crippen molar-refractivity contribution in [2.45, 2.75) is 58.8 Å². The van der Waals surface area contributed by atoms with Crippen LogP contribution in [0.5, 0.6) is 0 Å². The molecule has 0 atom stereocenters. The van der Waals surface area contributed by atoms with Crippen LogP contribution in [0.4, 0.5) is 0 Å². The summed E-state index contributed by atoms with van der Waals surface area (Å²) in [5, 5.41) is 8.89. The molecule has 0 aliphatic heterocycles. The molecule has 14 heavy (non-hydrogen) atoms. The van der Waals surface area contributed by atoms with E-state index in [0.717, 1.165) is 32.1 Å². The predicted octanol–water partition coefficient (Wildman–Crippen LogP) is 3.77. The molecular weight excluding hydrogens is 176 g/mol. The van der Waals surface area contributed by atoms with Crippen molar-refractivity contribution in [2.24, 2.45) is 0 Å². The predicted molar refractivity (Wildman–Crippen MR) is 59.4 cm³/mol. The second kappa shape index (κ2) is 8.79. The van der Waals surface area contributed by atoms with Crippen molar-refractivity contribution in [3.8, 4) is 0 Å². The monoisotopic (exact) mass is 198 g/mol. The molecule has 2 heteroatoms. The van der Waals surface area contributed by atoms with Crippen LogP contribution < -0.4 is 0 Å². The summed E-state index contributed by atoms with van der Waals surface area (Å²) in [5.41, 5.74) is 0.600. The standard InChI is InChI=1S/C12H22O2/c1-3-5-7-8-10-11(12(13)14)9-6-4-2/h10H,3-9H2,1-2H3,(H,13,14). The van der Waals surface area contributed by atoms with E-state index in [0.29, 0.717) is 5.57 Å². The number of carboxylic acid groups (broad SMARTS) is 1. The minimum Gasteiger partial charge on any atom is -0.478 e. The van der Waals surface area contributed by atoms with Gasteiger partial charge in [0.05, 0.1) is 0 Å². The lowest BCUT2D eigenvalue weighted by Crippen LogP contribution is -2.00. The Kier molecular flexibility index (Phi) is 8.30. The molecule has 2 nitrogen and oxygen atoms in total. The third kappa shape index (κ3) is 6.70. The molecule has 0 saturated carbocycles. The normalized spacial score (nSPS) is 11.7. The molecule has 0 heterocycles. The van der Waals surface area contributed by atoms with E-state index in [1.54, 1.807) is 0 Å². The van der Waals surface area contributed by atoms with Crippen molar-refractivity contribution >= 4 is 5.97 Å². The molecule has 0 fully saturated rings. The minimum absolute atomic E-state index is 0.600.